The van der Waals surface area contributed by atoms with E-state index in [9.17, 15) is 0 Å². The maximum atomic E-state index is 6.25. The van der Waals surface area contributed by atoms with Crippen LogP contribution in [-0.4, -0.2) is 26.6 Å². The first kappa shape index (κ1) is 13.1. The molecule has 0 bridgehead atoms. The topological polar surface area (TPSA) is 52.8 Å². The van der Waals surface area contributed by atoms with Crippen LogP contribution in [0.25, 0.3) is 16.9 Å². The molecule has 0 saturated heterocycles. The van der Waals surface area contributed by atoms with Gasteiger partial charge in [-0.3, -0.25) is 4.57 Å². The number of hydrogen-bond acceptors (Lipinski definition) is 4. The fourth-order valence-corrected chi connectivity index (χ4v) is 2.44. The zero-order chi connectivity index (χ0) is 14.1. The second-order valence-corrected chi connectivity index (χ2v) is 4.68. The van der Waals surface area contributed by atoms with Crippen molar-refractivity contribution in [3.63, 3.8) is 0 Å². The Hall–Kier alpha value is -1.85. The van der Waals surface area contributed by atoms with Crippen LogP contribution in [0.15, 0.2) is 30.6 Å². The van der Waals surface area contributed by atoms with Gasteiger partial charge in [-0.25, -0.2) is 9.97 Å². The van der Waals surface area contributed by atoms with Crippen LogP contribution >= 0.6 is 23.2 Å². The molecule has 0 saturated carbocycles. The summed E-state index contributed by atoms with van der Waals surface area (Å²) in [5, 5.41) is 0.593. The molecule has 0 amide bonds. The van der Waals surface area contributed by atoms with Gasteiger partial charge in [-0.1, -0.05) is 23.7 Å². The van der Waals surface area contributed by atoms with Crippen LogP contribution in [0.5, 0.6) is 5.88 Å². The summed E-state index contributed by atoms with van der Waals surface area (Å²) in [5.41, 5.74) is 1.94. The van der Waals surface area contributed by atoms with Crippen LogP contribution < -0.4 is 4.74 Å². The second-order valence-electron chi connectivity index (χ2n) is 4.00. The quantitative estimate of drug-likeness (QED) is 0.697. The lowest BCUT2D eigenvalue weighted by Gasteiger charge is -2.08. The summed E-state index contributed by atoms with van der Waals surface area (Å²) >= 11 is 12.2. The summed E-state index contributed by atoms with van der Waals surface area (Å²) < 4.78 is 7.02. The van der Waals surface area contributed by atoms with E-state index >= 15 is 0 Å². The predicted octanol–water partition coefficient (Wildman–Crippen LogP) is 3.22. The zero-order valence-corrected chi connectivity index (χ0v) is 12.1. The summed E-state index contributed by atoms with van der Waals surface area (Å²) in [4.78, 5) is 12.8. The summed E-state index contributed by atoms with van der Waals surface area (Å²) in [6.07, 6.45) is 1.42. The highest BCUT2D eigenvalue weighted by Gasteiger charge is 2.18. The Kier molecular flexibility index (Phi) is 3.46. The van der Waals surface area contributed by atoms with Gasteiger partial charge in [-0.2, -0.15) is 4.98 Å². The van der Waals surface area contributed by atoms with Crippen LogP contribution in [0.1, 0.15) is 5.82 Å². The molecule has 3 aromatic rings. The molecule has 2 aromatic heterocycles. The Labute approximate surface area is 125 Å². The summed E-state index contributed by atoms with van der Waals surface area (Å²) in [7, 11) is 1.54. The van der Waals surface area contributed by atoms with Gasteiger partial charge < -0.3 is 4.74 Å². The fraction of sp³-hybridized carbons (Fsp3) is 0.154. The first-order chi connectivity index (χ1) is 9.76. The fourth-order valence-electron chi connectivity index (χ4n) is 2.04. The van der Waals surface area contributed by atoms with E-state index in [2.05, 4.69) is 15.0 Å². The number of hydrogen-bond donors (Lipinski definition) is 0. The predicted molar refractivity (Wildman–Crippen MR) is 77.8 cm³/mol. The largest absolute Gasteiger partial charge is 0.479 e. The lowest BCUT2D eigenvalue weighted by atomic mass is 10.3. The standard InChI is InChI=1S/C13H10Cl2N4O/c1-20-13-11-12(16-7-17-13)19(10(6-14)18-11)9-5-3-2-4-8(9)15/h2-5,7H,6H2,1H3. The molecular weight excluding hydrogens is 299 g/mol. The molecule has 5 nitrogen and oxygen atoms in total. The maximum Gasteiger partial charge on any atom is 0.245 e. The van der Waals surface area contributed by atoms with Crippen LogP contribution in [0, 0.1) is 0 Å². The molecule has 0 aliphatic heterocycles. The number of para-hydroxylation sites is 1. The van der Waals surface area contributed by atoms with Gasteiger partial charge in [0.05, 0.1) is 23.7 Å². The van der Waals surface area contributed by atoms with Gasteiger partial charge in [0.2, 0.25) is 5.88 Å². The molecule has 0 atom stereocenters. The van der Waals surface area contributed by atoms with Crippen LogP contribution in [0.3, 0.4) is 0 Å². The highest BCUT2D eigenvalue weighted by molar-refractivity contribution is 6.32. The Morgan fingerprint density at radius 1 is 1.25 bits per heavy atom. The van der Waals surface area contributed by atoms with Crippen molar-refractivity contribution in [3.8, 4) is 11.6 Å². The number of nitrogens with zero attached hydrogens (tertiary/aromatic N) is 4. The molecule has 3 rings (SSSR count). The Bertz CT molecular complexity index is 772. The lowest BCUT2D eigenvalue weighted by molar-refractivity contribution is 0.401. The third kappa shape index (κ3) is 1.99. The van der Waals surface area contributed by atoms with Gasteiger partial charge in [0, 0.05) is 0 Å². The van der Waals surface area contributed by atoms with Crippen molar-refractivity contribution in [1.29, 1.82) is 0 Å². The first-order valence-electron chi connectivity index (χ1n) is 5.83. The number of benzene rings is 1. The van der Waals surface area contributed by atoms with Gasteiger partial charge in [0.15, 0.2) is 11.2 Å². The molecular formula is C13H10Cl2N4O. The number of methoxy groups -OCH3 is 1. The normalized spacial score (nSPS) is 10.9. The number of rotatable bonds is 3. The lowest BCUT2D eigenvalue weighted by Crippen LogP contribution is -2.01. The number of fused-ring (bicyclic) bond motifs is 1. The highest BCUT2D eigenvalue weighted by Crippen LogP contribution is 2.29. The van der Waals surface area contributed by atoms with E-state index < -0.39 is 0 Å². The third-order valence-corrected chi connectivity index (χ3v) is 3.45. The molecule has 2 heterocycles. The van der Waals surface area contributed by atoms with Crippen molar-refractivity contribution in [2.75, 3.05) is 7.11 Å². The monoisotopic (exact) mass is 308 g/mol. The smallest absolute Gasteiger partial charge is 0.245 e. The van der Waals surface area contributed by atoms with E-state index in [1.165, 1.54) is 13.4 Å². The Morgan fingerprint density at radius 3 is 2.75 bits per heavy atom. The molecule has 0 N–H and O–H groups in total. The molecule has 0 spiro atoms. The molecule has 0 aliphatic rings. The average molecular weight is 309 g/mol. The Balaban J connectivity index is 2.37. The molecule has 0 unspecified atom stereocenters. The number of aromatic nitrogens is 4. The number of alkyl halides is 1. The van der Waals surface area contributed by atoms with Gasteiger partial charge in [-0.05, 0) is 12.1 Å². The van der Waals surface area contributed by atoms with E-state index in [4.69, 9.17) is 27.9 Å². The van der Waals surface area contributed by atoms with Crippen molar-refractivity contribution in [2.24, 2.45) is 0 Å². The van der Waals surface area contributed by atoms with Gasteiger partial charge in [-0.15, -0.1) is 11.6 Å². The minimum atomic E-state index is 0.227. The molecule has 0 fully saturated rings. The number of halogens is 2. The summed E-state index contributed by atoms with van der Waals surface area (Å²) in [5.74, 6) is 1.27. The molecule has 1 aromatic carbocycles. The Morgan fingerprint density at radius 2 is 2.05 bits per heavy atom. The van der Waals surface area contributed by atoms with E-state index in [0.29, 0.717) is 27.9 Å². The van der Waals surface area contributed by atoms with Crippen molar-refractivity contribution in [3.05, 3.63) is 41.4 Å². The van der Waals surface area contributed by atoms with Crippen molar-refractivity contribution in [1.82, 2.24) is 19.5 Å². The van der Waals surface area contributed by atoms with E-state index in [0.717, 1.165) is 5.69 Å². The molecule has 7 heteroatoms. The van der Waals surface area contributed by atoms with Crippen molar-refractivity contribution >= 4 is 34.4 Å². The molecule has 20 heavy (non-hydrogen) atoms. The van der Waals surface area contributed by atoms with Gasteiger partial charge in [0.1, 0.15) is 12.2 Å². The van der Waals surface area contributed by atoms with E-state index in [1.54, 1.807) is 6.07 Å². The van der Waals surface area contributed by atoms with Crippen LogP contribution in [0.4, 0.5) is 0 Å². The van der Waals surface area contributed by atoms with Crippen LogP contribution in [-0.2, 0) is 5.88 Å². The van der Waals surface area contributed by atoms with Crippen LogP contribution in [0.2, 0.25) is 5.02 Å². The van der Waals surface area contributed by atoms with Crippen molar-refractivity contribution in [2.45, 2.75) is 5.88 Å². The average Bonchev–Trinajstić information content (AvgIpc) is 2.86. The van der Waals surface area contributed by atoms with Gasteiger partial charge >= 0.3 is 0 Å². The van der Waals surface area contributed by atoms with Crippen molar-refractivity contribution < 1.29 is 4.74 Å². The SMILES string of the molecule is COc1ncnc2c1nc(CCl)n2-c1ccccc1Cl. The first-order valence-corrected chi connectivity index (χ1v) is 6.74. The summed E-state index contributed by atoms with van der Waals surface area (Å²) in [6, 6.07) is 7.44. The minimum absolute atomic E-state index is 0.227. The van der Waals surface area contributed by atoms with E-state index in [-0.39, 0.29) is 5.88 Å². The third-order valence-electron chi connectivity index (χ3n) is 2.89. The second kappa shape index (κ2) is 5.26. The molecule has 0 radical (unpaired) electrons. The molecule has 0 aliphatic carbocycles. The van der Waals surface area contributed by atoms with Gasteiger partial charge in [0.25, 0.3) is 0 Å². The number of imidazole rings is 1. The molecule has 102 valence electrons. The zero-order valence-electron chi connectivity index (χ0n) is 10.5. The maximum absolute atomic E-state index is 6.25. The highest BCUT2D eigenvalue weighted by atomic mass is 35.5. The minimum Gasteiger partial charge on any atom is -0.479 e. The number of ether oxygens (including phenoxy) is 1. The van der Waals surface area contributed by atoms with E-state index in [1.807, 2.05) is 22.8 Å². The summed E-state index contributed by atoms with van der Waals surface area (Å²) in [6.45, 7) is 0.